The second-order valence-corrected chi connectivity index (χ2v) is 10.7. The Hall–Kier alpha value is -3.52. The average molecular weight is 563 g/mol. The Morgan fingerprint density at radius 2 is 1.62 bits per heavy atom. The summed E-state index contributed by atoms with van der Waals surface area (Å²) in [6, 6.07) is 25.9. The third-order valence-corrected chi connectivity index (χ3v) is 8.19. The highest BCUT2D eigenvalue weighted by Crippen LogP contribution is 2.53. The molecule has 0 radical (unpaired) electrons. The zero-order valence-corrected chi connectivity index (χ0v) is 23.2. The van der Waals surface area contributed by atoms with E-state index < -0.39 is 35.2 Å². The topological polar surface area (TPSA) is 122 Å². The van der Waals surface area contributed by atoms with Gasteiger partial charge in [-0.05, 0) is 48.6 Å². The maximum Gasteiger partial charge on any atom is 0.312 e. The number of carboxylic acids is 2. The van der Waals surface area contributed by atoms with Crippen molar-refractivity contribution >= 4 is 29.3 Å². The van der Waals surface area contributed by atoms with Crippen LogP contribution in [0.25, 0.3) is 0 Å². The van der Waals surface area contributed by atoms with Crippen LogP contribution in [0, 0.1) is 11.3 Å². The number of benzene rings is 3. The van der Waals surface area contributed by atoms with E-state index in [0.717, 1.165) is 11.1 Å². The number of aliphatic carboxylic acids is 2. The molecular weight excluding hydrogens is 528 g/mol. The van der Waals surface area contributed by atoms with Crippen LogP contribution in [0.5, 0.6) is 0 Å². The van der Waals surface area contributed by atoms with Crippen LogP contribution < -0.4 is 5.73 Å². The first-order valence-corrected chi connectivity index (χ1v) is 13.8. The van der Waals surface area contributed by atoms with Crippen molar-refractivity contribution in [2.75, 3.05) is 19.8 Å². The average Bonchev–Trinajstić information content (AvgIpc) is 2.94. The summed E-state index contributed by atoms with van der Waals surface area (Å²) in [6.45, 7) is 2.16. The van der Waals surface area contributed by atoms with Gasteiger partial charge in [-0.2, -0.15) is 0 Å². The summed E-state index contributed by atoms with van der Waals surface area (Å²) in [6.07, 6.45) is 0.608. The quantitative estimate of drug-likeness (QED) is 0.246. The fourth-order valence-corrected chi connectivity index (χ4v) is 6.35. The van der Waals surface area contributed by atoms with E-state index in [9.17, 15) is 19.8 Å². The number of halogens is 1. The van der Waals surface area contributed by atoms with Crippen LogP contribution in [0.4, 0.5) is 0 Å². The minimum absolute atomic E-state index is 0.00554. The van der Waals surface area contributed by atoms with Crippen molar-refractivity contribution in [3.8, 4) is 0 Å². The molecule has 4 rings (SSSR count). The lowest BCUT2D eigenvalue weighted by atomic mass is 9.57. The standard InChI is InChI=1S/C32H35ClN2O5/c1-21-28(30(36)37)29(24-13-8-14-25(33)19-24)32(31(38)39,27(35-21)20-40-18-17-34)16-15-26(22-9-4-2-5-10-22)23-11-6-3-7-12-23/h2-14,19,26-29H,15-18,20,34H2,1H3,(H,36,37)(H,38,39). The number of ether oxygens (including phenoxy) is 1. The molecule has 1 aliphatic heterocycles. The van der Waals surface area contributed by atoms with Crippen molar-refractivity contribution in [2.45, 2.75) is 37.6 Å². The van der Waals surface area contributed by atoms with Crippen molar-refractivity contribution < 1.29 is 24.5 Å². The molecule has 0 aliphatic carbocycles. The predicted molar refractivity (Wildman–Crippen MR) is 156 cm³/mol. The highest BCUT2D eigenvalue weighted by molar-refractivity contribution is 6.30. The van der Waals surface area contributed by atoms with Gasteiger partial charge in [0.25, 0.3) is 0 Å². The molecule has 0 spiro atoms. The summed E-state index contributed by atoms with van der Waals surface area (Å²) < 4.78 is 5.79. The molecule has 0 bridgehead atoms. The molecule has 4 unspecified atom stereocenters. The highest BCUT2D eigenvalue weighted by atomic mass is 35.5. The molecule has 40 heavy (non-hydrogen) atoms. The van der Waals surface area contributed by atoms with Gasteiger partial charge in [0, 0.05) is 29.1 Å². The largest absolute Gasteiger partial charge is 0.481 e. The zero-order chi connectivity index (χ0) is 28.7. The van der Waals surface area contributed by atoms with Gasteiger partial charge in [0.2, 0.25) is 0 Å². The third-order valence-electron chi connectivity index (χ3n) is 7.95. The third kappa shape index (κ3) is 6.12. The van der Waals surface area contributed by atoms with Crippen molar-refractivity contribution in [2.24, 2.45) is 22.1 Å². The molecule has 0 fully saturated rings. The van der Waals surface area contributed by atoms with E-state index in [1.54, 1.807) is 31.2 Å². The number of carbonyl (C=O) groups is 2. The molecule has 0 saturated carbocycles. The second-order valence-electron chi connectivity index (χ2n) is 10.3. The lowest BCUT2D eigenvalue weighted by molar-refractivity contribution is -0.157. The molecule has 0 amide bonds. The van der Waals surface area contributed by atoms with E-state index in [-0.39, 0.29) is 32.1 Å². The molecule has 3 aromatic carbocycles. The fourth-order valence-electron chi connectivity index (χ4n) is 6.15. The van der Waals surface area contributed by atoms with Crippen LogP contribution in [0.1, 0.15) is 48.3 Å². The smallest absolute Gasteiger partial charge is 0.312 e. The van der Waals surface area contributed by atoms with Gasteiger partial charge in [-0.1, -0.05) is 84.4 Å². The molecule has 210 valence electrons. The van der Waals surface area contributed by atoms with Crippen LogP contribution in [0.15, 0.2) is 89.9 Å². The lowest BCUT2D eigenvalue weighted by Gasteiger charge is -2.48. The fraction of sp³-hybridized carbons (Fsp3) is 0.344. The molecule has 0 aromatic heterocycles. The maximum atomic E-state index is 13.6. The van der Waals surface area contributed by atoms with Crippen LogP contribution in [0.3, 0.4) is 0 Å². The molecule has 4 N–H and O–H groups in total. The van der Waals surface area contributed by atoms with Gasteiger partial charge in [-0.15, -0.1) is 0 Å². The first kappa shape index (κ1) is 29.5. The molecule has 1 aliphatic rings. The Morgan fingerprint density at radius 3 is 2.15 bits per heavy atom. The summed E-state index contributed by atoms with van der Waals surface area (Å²) >= 11 is 6.36. The first-order valence-electron chi connectivity index (χ1n) is 13.4. The van der Waals surface area contributed by atoms with E-state index in [4.69, 9.17) is 27.1 Å². The van der Waals surface area contributed by atoms with Gasteiger partial charge in [0.15, 0.2) is 0 Å². The zero-order valence-electron chi connectivity index (χ0n) is 22.4. The Balaban J connectivity index is 1.88. The van der Waals surface area contributed by atoms with Gasteiger partial charge >= 0.3 is 11.9 Å². The lowest BCUT2D eigenvalue weighted by Crippen LogP contribution is -2.56. The molecule has 7 nitrogen and oxygen atoms in total. The van der Waals surface area contributed by atoms with E-state index in [0.29, 0.717) is 22.7 Å². The first-order chi connectivity index (χ1) is 19.3. The predicted octanol–water partition coefficient (Wildman–Crippen LogP) is 5.63. The number of hydrogen-bond acceptors (Lipinski definition) is 5. The summed E-state index contributed by atoms with van der Waals surface area (Å²) in [5.74, 6) is -4.42. The van der Waals surface area contributed by atoms with Crippen LogP contribution in [0.2, 0.25) is 5.02 Å². The van der Waals surface area contributed by atoms with Crippen LogP contribution >= 0.6 is 11.6 Å². The Bertz CT molecular complexity index is 1290. The molecule has 8 heteroatoms. The van der Waals surface area contributed by atoms with Crippen LogP contribution in [-0.4, -0.2) is 53.7 Å². The van der Waals surface area contributed by atoms with E-state index in [1.165, 1.54) is 0 Å². The van der Waals surface area contributed by atoms with Crippen LogP contribution in [-0.2, 0) is 14.3 Å². The summed E-state index contributed by atoms with van der Waals surface area (Å²) in [7, 11) is 0. The van der Waals surface area contributed by atoms with Gasteiger partial charge in [0.05, 0.1) is 19.3 Å². The molecule has 4 atom stereocenters. The van der Waals surface area contributed by atoms with E-state index >= 15 is 0 Å². The summed E-state index contributed by atoms with van der Waals surface area (Å²) in [5.41, 5.74) is 7.07. The highest BCUT2D eigenvalue weighted by Gasteiger charge is 2.59. The second kappa shape index (κ2) is 13.2. The van der Waals surface area contributed by atoms with Crippen molar-refractivity contribution in [1.29, 1.82) is 0 Å². The number of nitrogens with zero attached hydrogens (tertiary/aromatic N) is 1. The minimum Gasteiger partial charge on any atom is -0.481 e. The molecule has 0 saturated heterocycles. The summed E-state index contributed by atoms with van der Waals surface area (Å²) in [5, 5.41) is 21.9. The molecule has 1 heterocycles. The van der Waals surface area contributed by atoms with Gasteiger partial charge < -0.3 is 20.7 Å². The van der Waals surface area contributed by atoms with Gasteiger partial charge in [-0.25, -0.2) is 0 Å². The van der Waals surface area contributed by atoms with E-state index in [1.807, 2.05) is 60.7 Å². The van der Waals surface area contributed by atoms with Crippen molar-refractivity contribution in [1.82, 2.24) is 0 Å². The normalized spacial score (nSPS) is 22.6. The van der Waals surface area contributed by atoms with Crippen molar-refractivity contribution in [3.63, 3.8) is 0 Å². The number of carboxylic acid groups (broad SMARTS) is 2. The number of rotatable bonds is 12. The maximum absolute atomic E-state index is 13.6. The van der Waals surface area contributed by atoms with Gasteiger partial charge in [-0.3, -0.25) is 14.6 Å². The number of aliphatic imine (C=N–C) groups is 1. The Kier molecular flexibility index (Phi) is 9.74. The number of nitrogens with two attached hydrogens (primary N) is 1. The minimum atomic E-state index is -1.59. The van der Waals surface area contributed by atoms with Crippen molar-refractivity contribution in [3.05, 3.63) is 107 Å². The number of hydrogen-bond donors (Lipinski definition) is 3. The van der Waals surface area contributed by atoms with E-state index in [2.05, 4.69) is 0 Å². The van der Waals surface area contributed by atoms with Gasteiger partial charge in [0.1, 0.15) is 11.3 Å². The monoisotopic (exact) mass is 562 g/mol. The SMILES string of the molecule is CC1=NC(COCCN)C(CCC(c2ccccc2)c2ccccc2)(C(=O)O)C(c2cccc(Cl)c2)C1C(=O)O. The summed E-state index contributed by atoms with van der Waals surface area (Å²) in [4.78, 5) is 31.0. The molecule has 3 aromatic rings. The Labute approximate surface area is 239 Å². The molecular formula is C32H35ClN2O5. The Morgan fingerprint density at radius 1 is 1.00 bits per heavy atom.